The highest BCUT2D eigenvalue weighted by Crippen LogP contribution is 2.29. The lowest BCUT2D eigenvalue weighted by Gasteiger charge is -1.99. The van der Waals surface area contributed by atoms with Crippen molar-refractivity contribution >= 4 is 40.3 Å². The highest BCUT2D eigenvalue weighted by Gasteiger charge is 2.15. The summed E-state index contributed by atoms with van der Waals surface area (Å²) < 4.78 is 0.311. The smallest absolute Gasteiger partial charge is 0.283 e. The number of hydrogen-bond donors (Lipinski definition) is 0. The fourth-order valence-electron chi connectivity index (χ4n) is 0.937. The Morgan fingerprint density at radius 2 is 2.27 bits per heavy atom. The van der Waals surface area contributed by atoms with Crippen molar-refractivity contribution in [1.29, 1.82) is 0 Å². The second kappa shape index (κ2) is 4.71. The third kappa shape index (κ3) is 2.42. The summed E-state index contributed by atoms with van der Waals surface area (Å²) >= 11 is 1.73. The van der Waals surface area contributed by atoms with Crippen LogP contribution in [0.2, 0.25) is 0 Å². The van der Waals surface area contributed by atoms with Crippen LogP contribution in [0.3, 0.4) is 0 Å². The molecule has 0 aromatic heterocycles. The highest BCUT2D eigenvalue weighted by molar-refractivity contribution is 14.1. The van der Waals surface area contributed by atoms with Crippen molar-refractivity contribution in [3.05, 3.63) is 41.8 Å². The van der Waals surface area contributed by atoms with Gasteiger partial charge in [-0.15, -0.1) is 0 Å². The van der Waals surface area contributed by atoms with Crippen LogP contribution in [-0.4, -0.2) is 11.2 Å². The van der Waals surface area contributed by atoms with Crippen LogP contribution in [0.25, 0.3) is 10.4 Å². The van der Waals surface area contributed by atoms with Crippen molar-refractivity contribution in [2.45, 2.75) is 0 Å². The molecule has 0 aliphatic heterocycles. The van der Waals surface area contributed by atoms with E-state index in [-0.39, 0.29) is 16.9 Å². The zero-order valence-electron chi connectivity index (χ0n) is 7.12. The van der Waals surface area contributed by atoms with Crippen LogP contribution in [0.15, 0.2) is 17.2 Å². The van der Waals surface area contributed by atoms with Crippen LogP contribution < -0.4 is 0 Å². The molecule has 1 aromatic rings. The molecular weight excluding hydrogens is 315 g/mol. The van der Waals surface area contributed by atoms with E-state index in [1.165, 1.54) is 6.07 Å². The number of azide groups is 1. The Bertz CT molecular complexity index is 481. The Kier molecular flexibility index (Phi) is 3.58. The molecule has 0 amide bonds. The molecule has 0 saturated heterocycles. The summed E-state index contributed by atoms with van der Waals surface area (Å²) in [6.07, 6.45) is 0.410. The monoisotopic (exact) mass is 318 g/mol. The Morgan fingerprint density at radius 1 is 1.60 bits per heavy atom. The lowest BCUT2D eigenvalue weighted by atomic mass is 10.2. The first-order valence-electron chi connectivity index (χ1n) is 3.58. The van der Waals surface area contributed by atoms with Gasteiger partial charge in [0.25, 0.3) is 5.69 Å². The number of carbonyl (C=O) groups excluding carboxylic acids is 1. The predicted molar refractivity (Wildman–Crippen MR) is 60.0 cm³/mol. The standard InChI is InChI=1S/C7H3IN4O3/c8-5-2-6(10-11-9)4(3-13)1-7(5)12(14)15/h1-3H. The number of aldehydes is 1. The van der Waals surface area contributed by atoms with E-state index in [9.17, 15) is 14.9 Å². The predicted octanol–water partition coefficient (Wildman–Crippen LogP) is 2.95. The van der Waals surface area contributed by atoms with E-state index in [0.717, 1.165) is 6.07 Å². The molecule has 1 rings (SSSR count). The number of halogens is 1. The minimum Gasteiger partial charge on any atom is -0.298 e. The van der Waals surface area contributed by atoms with E-state index in [1.54, 1.807) is 22.6 Å². The lowest BCUT2D eigenvalue weighted by Crippen LogP contribution is -1.93. The summed E-state index contributed by atoms with van der Waals surface area (Å²) in [7, 11) is 0. The molecule has 0 saturated carbocycles. The van der Waals surface area contributed by atoms with Gasteiger partial charge in [0, 0.05) is 22.2 Å². The summed E-state index contributed by atoms with van der Waals surface area (Å²) in [4.78, 5) is 23.0. The van der Waals surface area contributed by atoms with Gasteiger partial charge in [0.2, 0.25) is 0 Å². The fraction of sp³-hybridized carbons (Fsp3) is 0. The molecule has 0 fully saturated rings. The molecular formula is C7H3IN4O3. The average molecular weight is 318 g/mol. The largest absolute Gasteiger partial charge is 0.298 e. The molecule has 0 unspecified atom stereocenters. The van der Waals surface area contributed by atoms with Crippen LogP contribution in [0.5, 0.6) is 0 Å². The first kappa shape index (κ1) is 11.4. The third-order valence-electron chi connectivity index (χ3n) is 1.57. The van der Waals surface area contributed by atoms with E-state index in [1.807, 2.05) is 0 Å². The van der Waals surface area contributed by atoms with E-state index in [4.69, 9.17) is 5.53 Å². The minimum absolute atomic E-state index is 0.0000778. The zero-order valence-corrected chi connectivity index (χ0v) is 9.28. The molecule has 8 heteroatoms. The second-order valence-electron chi connectivity index (χ2n) is 2.43. The maximum absolute atomic E-state index is 10.6. The number of hydrogen-bond acceptors (Lipinski definition) is 4. The van der Waals surface area contributed by atoms with Crippen LogP contribution in [-0.2, 0) is 0 Å². The van der Waals surface area contributed by atoms with Crippen LogP contribution in [0.4, 0.5) is 11.4 Å². The molecule has 0 atom stereocenters. The Hall–Kier alpha value is -1.67. The molecule has 15 heavy (non-hydrogen) atoms. The zero-order chi connectivity index (χ0) is 11.4. The molecule has 76 valence electrons. The molecule has 0 heterocycles. The SMILES string of the molecule is [N-]=[N+]=Nc1cc(I)c([N+](=O)[O-])cc1C=O. The molecule has 0 spiro atoms. The Balaban J connectivity index is 3.47. The summed E-state index contributed by atoms with van der Waals surface area (Å²) in [6.45, 7) is 0. The van der Waals surface area contributed by atoms with Gasteiger partial charge in [0.05, 0.1) is 8.49 Å². The molecule has 0 bridgehead atoms. The molecule has 7 nitrogen and oxygen atoms in total. The van der Waals surface area contributed by atoms with Crippen molar-refractivity contribution in [1.82, 2.24) is 0 Å². The van der Waals surface area contributed by atoms with E-state index >= 15 is 0 Å². The van der Waals surface area contributed by atoms with Gasteiger partial charge < -0.3 is 0 Å². The number of benzene rings is 1. The fourth-order valence-corrected chi connectivity index (χ4v) is 1.58. The molecule has 0 N–H and O–H groups in total. The molecule has 0 aliphatic carbocycles. The van der Waals surface area contributed by atoms with Gasteiger partial charge in [0.1, 0.15) is 0 Å². The summed E-state index contributed by atoms with van der Waals surface area (Å²) in [5.74, 6) is 0. The molecule has 0 aliphatic rings. The Labute approximate surface area is 97.0 Å². The lowest BCUT2D eigenvalue weighted by molar-refractivity contribution is -0.385. The van der Waals surface area contributed by atoms with E-state index < -0.39 is 4.92 Å². The van der Waals surface area contributed by atoms with Crippen molar-refractivity contribution in [3.63, 3.8) is 0 Å². The minimum atomic E-state index is -0.603. The highest BCUT2D eigenvalue weighted by atomic mass is 127. The number of nitrogens with zero attached hydrogens (tertiary/aromatic N) is 4. The number of carbonyl (C=O) groups is 1. The first-order valence-corrected chi connectivity index (χ1v) is 4.66. The van der Waals surface area contributed by atoms with Crippen LogP contribution in [0, 0.1) is 13.7 Å². The summed E-state index contributed by atoms with van der Waals surface area (Å²) in [6, 6.07) is 2.38. The summed E-state index contributed by atoms with van der Waals surface area (Å²) in [5.41, 5.74) is 8.12. The first-order chi connectivity index (χ1) is 7.10. The van der Waals surface area contributed by atoms with Gasteiger partial charge in [0.15, 0.2) is 6.29 Å². The van der Waals surface area contributed by atoms with E-state index in [2.05, 4.69) is 10.0 Å². The molecule has 0 radical (unpaired) electrons. The third-order valence-corrected chi connectivity index (χ3v) is 2.44. The maximum atomic E-state index is 10.6. The summed E-state index contributed by atoms with van der Waals surface area (Å²) in [5, 5.41) is 13.8. The topological polar surface area (TPSA) is 109 Å². The Morgan fingerprint density at radius 3 is 2.73 bits per heavy atom. The van der Waals surface area contributed by atoms with Crippen molar-refractivity contribution < 1.29 is 9.72 Å². The van der Waals surface area contributed by atoms with Gasteiger partial charge in [-0.25, -0.2) is 0 Å². The number of nitro benzene ring substituents is 1. The van der Waals surface area contributed by atoms with Crippen molar-refractivity contribution in [3.8, 4) is 0 Å². The molecule has 1 aromatic carbocycles. The van der Waals surface area contributed by atoms with Gasteiger partial charge in [-0.3, -0.25) is 14.9 Å². The van der Waals surface area contributed by atoms with Gasteiger partial charge in [-0.1, -0.05) is 5.11 Å². The van der Waals surface area contributed by atoms with Crippen molar-refractivity contribution in [2.24, 2.45) is 5.11 Å². The van der Waals surface area contributed by atoms with Crippen LogP contribution >= 0.6 is 22.6 Å². The van der Waals surface area contributed by atoms with Gasteiger partial charge in [-0.2, -0.15) is 0 Å². The van der Waals surface area contributed by atoms with Crippen molar-refractivity contribution in [2.75, 3.05) is 0 Å². The number of nitro groups is 1. The quantitative estimate of drug-likeness (QED) is 0.162. The van der Waals surface area contributed by atoms with E-state index in [0.29, 0.717) is 9.86 Å². The number of rotatable bonds is 3. The average Bonchev–Trinajstić information content (AvgIpc) is 2.18. The maximum Gasteiger partial charge on any atom is 0.283 e. The normalized spacial score (nSPS) is 9.13. The van der Waals surface area contributed by atoms with Gasteiger partial charge in [-0.05, 0) is 34.2 Å². The second-order valence-corrected chi connectivity index (χ2v) is 3.59. The van der Waals surface area contributed by atoms with Crippen LogP contribution in [0.1, 0.15) is 10.4 Å². The van der Waals surface area contributed by atoms with Gasteiger partial charge >= 0.3 is 0 Å².